The zero-order chi connectivity index (χ0) is 9.85. The van der Waals surface area contributed by atoms with Crippen LogP contribution in [0.3, 0.4) is 0 Å². The Kier molecular flexibility index (Phi) is 1.65. The lowest BCUT2D eigenvalue weighted by molar-refractivity contribution is -0.135. The Labute approximate surface area is 77.8 Å². The summed E-state index contributed by atoms with van der Waals surface area (Å²) in [6.45, 7) is 3.54. The summed E-state index contributed by atoms with van der Waals surface area (Å²) in [6.07, 6.45) is 0.918. The molecule has 2 N–H and O–H groups in total. The number of Topliss-reactive ketones (excluding diaryl/α,β-unsaturated/α-hetero) is 1. The van der Waals surface area contributed by atoms with E-state index in [-0.39, 0.29) is 11.7 Å². The van der Waals surface area contributed by atoms with Gasteiger partial charge in [0.1, 0.15) is 5.78 Å². The number of carbonyl (C=O) groups excluding carboxylic acids is 1. The van der Waals surface area contributed by atoms with Crippen LogP contribution < -0.4 is 0 Å². The molecule has 0 aliphatic heterocycles. The fourth-order valence-corrected chi connectivity index (χ4v) is 2.70. The molecule has 0 radical (unpaired) electrons. The van der Waals surface area contributed by atoms with Crippen molar-refractivity contribution in [1.29, 1.82) is 0 Å². The Morgan fingerprint density at radius 1 is 1.38 bits per heavy atom. The number of aliphatic hydroxyl groups excluding tert-OH is 1. The summed E-state index contributed by atoms with van der Waals surface area (Å²) < 4.78 is 0. The van der Waals surface area contributed by atoms with E-state index in [1.807, 2.05) is 6.92 Å². The van der Waals surface area contributed by atoms with E-state index in [4.69, 9.17) is 0 Å². The summed E-state index contributed by atoms with van der Waals surface area (Å²) in [7, 11) is 0. The van der Waals surface area contributed by atoms with Gasteiger partial charge in [0.15, 0.2) is 0 Å². The quantitative estimate of drug-likeness (QED) is 0.576. The van der Waals surface area contributed by atoms with E-state index in [0.717, 1.165) is 0 Å². The highest BCUT2D eigenvalue weighted by molar-refractivity contribution is 5.88. The van der Waals surface area contributed by atoms with E-state index in [9.17, 15) is 15.0 Å². The maximum atomic E-state index is 11.6. The molecule has 0 aromatic rings. The van der Waals surface area contributed by atoms with E-state index in [0.29, 0.717) is 19.3 Å². The van der Waals surface area contributed by atoms with Crippen LogP contribution in [0.5, 0.6) is 0 Å². The second-order valence-electron chi connectivity index (χ2n) is 4.95. The van der Waals surface area contributed by atoms with Crippen LogP contribution >= 0.6 is 0 Å². The molecule has 2 saturated carbocycles. The Balaban J connectivity index is 2.38. The zero-order valence-corrected chi connectivity index (χ0v) is 8.08. The molecule has 4 atom stereocenters. The van der Waals surface area contributed by atoms with Crippen molar-refractivity contribution in [3.63, 3.8) is 0 Å². The van der Waals surface area contributed by atoms with Gasteiger partial charge in [-0.05, 0) is 19.8 Å². The summed E-state index contributed by atoms with van der Waals surface area (Å²) in [5.74, 6) is -0.137. The Morgan fingerprint density at radius 3 is 2.54 bits per heavy atom. The van der Waals surface area contributed by atoms with Crippen molar-refractivity contribution in [2.24, 2.45) is 11.3 Å². The van der Waals surface area contributed by atoms with Gasteiger partial charge in [0.05, 0.1) is 17.1 Å². The van der Waals surface area contributed by atoms with Crippen molar-refractivity contribution in [3.8, 4) is 0 Å². The van der Waals surface area contributed by atoms with Gasteiger partial charge in [-0.25, -0.2) is 0 Å². The molecular formula is C10H16O3. The highest BCUT2D eigenvalue weighted by Crippen LogP contribution is 2.52. The molecule has 2 fully saturated rings. The van der Waals surface area contributed by atoms with E-state index in [2.05, 4.69) is 0 Å². The predicted octanol–water partition coefficient (Wildman–Crippen LogP) is 0.487. The molecule has 2 aliphatic rings. The third-order valence-corrected chi connectivity index (χ3v) is 4.03. The molecule has 0 spiro atoms. The zero-order valence-electron chi connectivity index (χ0n) is 8.08. The number of aliphatic hydroxyl groups is 2. The predicted molar refractivity (Wildman–Crippen MR) is 47.1 cm³/mol. The molecule has 2 aliphatic carbocycles. The van der Waals surface area contributed by atoms with Gasteiger partial charge in [-0.2, -0.15) is 0 Å². The van der Waals surface area contributed by atoms with Crippen molar-refractivity contribution < 1.29 is 15.0 Å². The van der Waals surface area contributed by atoms with Gasteiger partial charge in [0.2, 0.25) is 0 Å². The number of fused-ring (bicyclic) bond motifs is 2. The van der Waals surface area contributed by atoms with Gasteiger partial charge >= 0.3 is 0 Å². The molecule has 13 heavy (non-hydrogen) atoms. The summed E-state index contributed by atoms with van der Waals surface area (Å²) in [5.41, 5.74) is -1.43. The molecule has 0 saturated heterocycles. The largest absolute Gasteiger partial charge is 0.392 e. The molecule has 74 valence electrons. The molecule has 0 amide bonds. The van der Waals surface area contributed by atoms with Crippen LogP contribution in [0.4, 0.5) is 0 Å². The van der Waals surface area contributed by atoms with E-state index >= 15 is 0 Å². The van der Waals surface area contributed by atoms with Crippen LogP contribution in [-0.2, 0) is 4.79 Å². The third-order valence-electron chi connectivity index (χ3n) is 4.03. The van der Waals surface area contributed by atoms with Gasteiger partial charge in [0, 0.05) is 12.3 Å². The first-order valence-corrected chi connectivity index (χ1v) is 4.82. The van der Waals surface area contributed by atoms with Crippen LogP contribution in [0.2, 0.25) is 0 Å². The summed E-state index contributed by atoms with van der Waals surface area (Å²) in [4.78, 5) is 11.6. The average molecular weight is 184 g/mol. The van der Waals surface area contributed by atoms with Gasteiger partial charge in [-0.15, -0.1) is 0 Å². The summed E-state index contributed by atoms with van der Waals surface area (Å²) in [5, 5.41) is 19.8. The highest BCUT2D eigenvalue weighted by atomic mass is 16.3. The minimum atomic E-state index is -0.856. The fraction of sp³-hybridized carbons (Fsp3) is 0.900. The van der Waals surface area contributed by atoms with Crippen LogP contribution in [0.1, 0.15) is 33.1 Å². The van der Waals surface area contributed by atoms with E-state index in [1.165, 1.54) is 0 Å². The first kappa shape index (κ1) is 9.16. The average Bonchev–Trinajstić information content (AvgIpc) is 2.21. The monoisotopic (exact) mass is 184 g/mol. The minimum absolute atomic E-state index is 0.114. The molecule has 3 heteroatoms. The number of hydrogen-bond donors (Lipinski definition) is 2. The molecule has 3 nitrogen and oxygen atoms in total. The molecule has 0 aromatic heterocycles. The van der Waals surface area contributed by atoms with Crippen molar-refractivity contribution >= 4 is 5.78 Å². The normalized spacial score (nSPS) is 55.5. The topological polar surface area (TPSA) is 57.5 Å². The van der Waals surface area contributed by atoms with E-state index in [1.54, 1.807) is 6.92 Å². The van der Waals surface area contributed by atoms with Gasteiger partial charge < -0.3 is 10.2 Å². The Morgan fingerprint density at radius 2 is 2.00 bits per heavy atom. The molecule has 0 heterocycles. The number of rotatable bonds is 0. The standard InChI is InChI=1S/C10H16O3/c1-9-3-4-10(2,13)6(8(9)12)5-7(9)11/h6,8,12-13H,3-5H2,1-2H3/t6-,8?,9-,10+/m1/s1. The summed E-state index contributed by atoms with van der Waals surface area (Å²) in [6, 6.07) is 0. The van der Waals surface area contributed by atoms with Crippen molar-refractivity contribution in [3.05, 3.63) is 0 Å². The molecule has 2 rings (SSSR count). The Bertz CT molecular complexity index is 259. The lowest BCUT2D eigenvalue weighted by Crippen LogP contribution is -2.49. The fourth-order valence-electron chi connectivity index (χ4n) is 2.70. The summed E-state index contributed by atoms with van der Waals surface area (Å²) >= 11 is 0. The lowest BCUT2D eigenvalue weighted by atomic mass is 9.68. The Hall–Kier alpha value is -0.410. The third kappa shape index (κ3) is 1.00. The van der Waals surface area contributed by atoms with Crippen LogP contribution in [-0.4, -0.2) is 27.7 Å². The van der Waals surface area contributed by atoms with Gasteiger partial charge in [-0.3, -0.25) is 4.79 Å². The van der Waals surface area contributed by atoms with Crippen molar-refractivity contribution in [2.75, 3.05) is 0 Å². The number of carbonyl (C=O) groups is 1. The number of ketones is 1. The lowest BCUT2D eigenvalue weighted by Gasteiger charge is -2.42. The SMILES string of the molecule is C[C@]1(O)CC[C@]2(C)C(=O)C[C@@H]1C2O. The van der Waals surface area contributed by atoms with Crippen molar-refractivity contribution in [2.45, 2.75) is 44.8 Å². The second-order valence-corrected chi connectivity index (χ2v) is 4.95. The van der Waals surface area contributed by atoms with Crippen LogP contribution in [0, 0.1) is 11.3 Å². The van der Waals surface area contributed by atoms with Gasteiger partial charge in [-0.1, -0.05) is 6.92 Å². The van der Waals surface area contributed by atoms with Crippen LogP contribution in [0.25, 0.3) is 0 Å². The van der Waals surface area contributed by atoms with Gasteiger partial charge in [0.25, 0.3) is 0 Å². The van der Waals surface area contributed by atoms with Crippen LogP contribution in [0.15, 0.2) is 0 Å². The maximum Gasteiger partial charge on any atom is 0.141 e. The highest BCUT2D eigenvalue weighted by Gasteiger charge is 2.59. The molecular weight excluding hydrogens is 168 g/mol. The maximum absolute atomic E-state index is 11.6. The molecule has 1 unspecified atom stereocenters. The van der Waals surface area contributed by atoms with Crippen molar-refractivity contribution in [1.82, 2.24) is 0 Å². The molecule has 0 aromatic carbocycles. The number of hydrogen-bond acceptors (Lipinski definition) is 3. The molecule has 2 bridgehead atoms. The second kappa shape index (κ2) is 2.34. The first-order valence-electron chi connectivity index (χ1n) is 4.82. The smallest absolute Gasteiger partial charge is 0.141 e. The minimum Gasteiger partial charge on any atom is -0.392 e. The first-order chi connectivity index (χ1) is 5.88. The van der Waals surface area contributed by atoms with E-state index < -0.39 is 17.1 Å².